The van der Waals surface area contributed by atoms with Crippen molar-refractivity contribution in [2.45, 2.75) is 102 Å². The molecular formula is C43H56ClN7O5. The first-order chi connectivity index (χ1) is 26.8. The number of rotatable bonds is 9. The normalized spacial score (nSPS) is 22.9. The number of carbonyl (C=O) groups is 3. The zero-order valence-corrected chi connectivity index (χ0v) is 33.0. The smallest absolute Gasteiger partial charge is 0.310 e. The molecule has 3 saturated carbocycles. The molecule has 3 fully saturated rings. The van der Waals surface area contributed by atoms with Crippen molar-refractivity contribution in [3.8, 4) is 6.07 Å². The standard InChI is InChI=1S/C18H20N4O.C16H18N2O2.C9H17NO2.ClH/c19-10-12-21-18(23)14-7-1-2-8-15(14)22-16-9-3-5-13-6-4-11-20-17(13)16;19-16(20)12-7-1-2-8-13(12)18-14-9-3-5-11-6-4-10-17-15(11)14;1-2-12-9(11)7-5-3-4-6-8(7)10;/h3-6,9,11,14-15,22H,1-2,7-8,12H2,(H,21,23);3-6,9-10,12-13,18H,1-2,7-8H2,(H,19,20);7-8H,2-6,10H2,1H3;1H/t;;7-,8?;/m..1./s1. The number of ether oxygens (including phenoxy) is 1. The Morgan fingerprint density at radius 2 is 1.23 bits per heavy atom. The van der Waals surface area contributed by atoms with Crippen LogP contribution >= 0.6 is 12.4 Å². The van der Waals surface area contributed by atoms with E-state index in [-0.39, 0.29) is 66.7 Å². The number of halogens is 1. The van der Waals surface area contributed by atoms with Gasteiger partial charge in [0.15, 0.2) is 0 Å². The highest BCUT2D eigenvalue weighted by molar-refractivity contribution is 5.91. The summed E-state index contributed by atoms with van der Waals surface area (Å²) in [7, 11) is 0. The SMILES string of the molecule is CCOC(=O)[C@@H]1CCCCC1N.Cl.N#CCNC(=O)C1CCCCC1Nc1cccc2cccnc12.O=C(O)C1CCCCC1Nc1cccc2cccnc12. The second-order valence-electron chi connectivity index (χ2n) is 14.6. The summed E-state index contributed by atoms with van der Waals surface area (Å²) in [6.45, 7) is 2.35. The van der Waals surface area contributed by atoms with Gasteiger partial charge < -0.3 is 31.5 Å². The first-order valence-electron chi connectivity index (χ1n) is 19.8. The second kappa shape index (κ2) is 22.5. The Morgan fingerprint density at radius 1 is 0.750 bits per heavy atom. The largest absolute Gasteiger partial charge is 0.481 e. The average Bonchev–Trinajstić information content (AvgIpc) is 3.21. The zero-order valence-electron chi connectivity index (χ0n) is 32.2. The van der Waals surface area contributed by atoms with Gasteiger partial charge in [-0.25, -0.2) is 0 Å². The van der Waals surface area contributed by atoms with Gasteiger partial charge in [0.2, 0.25) is 5.91 Å². The first kappa shape index (κ1) is 43.7. The molecule has 2 aromatic heterocycles. The fraction of sp³-hybridized carbons (Fsp3) is 0.488. The van der Waals surface area contributed by atoms with Gasteiger partial charge in [-0.05, 0) is 69.7 Å². The third-order valence-corrected chi connectivity index (χ3v) is 10.9. The molecule has 0 aliphatic heterocycles. The number of benzene rings is 2. The monoisotopic (exact) mass is 785 g/mol. The van der Waals surface area contributed by atoms with E-state index in [0.29, 0.717) is 6.61 Å². The van der Waals surface area contributed by atoms with Crippen LogP contribution in [0, 0.1) is 29.1 Å². The van der Waals surface area contributed by atoms with Gasteiger partial charge in [0.05, 0.1) is 52.8 Å². The number of nitrogens with one attached hydrogen (secondary N) is 3. The summed E-state index contributed by atoms with van der Waals surface area (Å²) in [6, 6.07) is 22.0. The van der Waals surface area contributed by atoms with Gasteiger partial charge in [0, 0.05) is 41.3 Å². The van der Waals surface area contributed by atoms with E-state index in [0.717, 1.165) is 110 Å². The van der Waals surface area contributed by atoms with E-state index < -0.39 is 5.97 Å². The number of hydrogen-bond donors (Lipinski definition) is 5. The van der Waals surface area contributed by atoms with Crippen molar-refractivity contribution in [1.82, 2.24) is 15.3 Å². The van der Waals surface area contributed by atoms with Crippen LogP contribution in [0.3, 0.4) is 0 Å². The maximum Gasteiger partial charge on any atom is 0.310 e. The van der Waals surface area contributed by atoms with Crippen LogP contribution in [-0.2, 0) is 19.1 Å². The molecule has 3 aliphatic carbocycles. The third kappa shape index (κ3) is 12.0. The second-order valence-corrected chi connectivity index (χ2v) is 14.6. The number of fused-ring (bicyclic) bond motifs is 2. The molecule has 5 unspecified atom stereocenters. The van der Waals surface area contributed by atoms with E-state index in [1.807, 2.05) is 73.7 Å². The summed E-state index contributed by atoms with van der Waals surface area (Å²) in [6.07, 6.45) is 15.4. The Morgan fingerprint density at radius 3 is 1.75 bits per heavy atom. The highest BCUT2D eigenvalue weighted by atomic mass is 35.5. The molecule has 0 spiro atoms. The summed E-state index contributed by atoms with van der Waals surface area (Å²) >= 11 is 0. The van der Waals surface area contributed by atoms with Crippen LogP contribution in [0.4, 0.5) is 11.4 Å². The van der Waals surface area contributed by atoms with Crippen LogP contribution in [0.25, 0.3) is 21.8 Å². The molecule has 12 nitrogen and oxygen atoms in total. The summed E-state index contributed by atoms with van der Waals surface area (Å²) in [4.78, 5) is 43.8. The Balaban J connectivity index is 0.000000194. The van der Waals surface area contributed by atoms with Gasteiger partial charge in [0.25, 0.3) is 0 Å². The molecule has 300 valence electrons. The molecular weight excluding hydrogens is 730 g/mol. The van der Waals surface area contributed by atoms with Crippen LogP contribution in [0.2, 0.25) is 0 Å². The van der Waals surface area contributed by atoms with Gasteiger partial charge in [-0.1, -0.05) is 74.9 Å². The average molecular weight is 786 g/mol. The highest BCUT2D eigenvalue weighted by Crippen LogP contribution is 2.31. The number of aliphatic carboxylic acids is 1. The fourth-order valence-corrected chi connectivity index (χ4v) is 8.02. The van der Waals surface area contributed by atoms with Crippen molar-refractivity contribution in [2.75, 3.05) is 23.8 Å². The number of esters is 1. The van der Waals surface area contributed by atoms with Crippen molar-refractivity contribution in [2.24, 2.45) is 23.5 Å². The molecule has 1 amide bonds. The Bertz CT molecular complexity index is 1910. The minimum atomic E-state index is -0.699. The lowest BCUT2D eigenvalue weighted by atomic mass is 9.83. The van der Waals surface area contributed by atoms with Crippen LogP contribution < -0.4 is 21.7 Å². The molecule has 3 aliphatic rings. The molecule has 0 saturated heterocycles. The lowest BCUT2D eigenvalue weighted by molar-refractivity contribution is -0.149. The number of nitriles is 1. The number of nitrogens with two attached hydrogens (primary N) is 1. The Labute approximate surface area is 335 Å². The maximum atomic E-state index is 12.3. The molecule has 2 aromatic carbocycles. The van der Waals surface area contributed by atoms with E-state index in [4.69, 9.17) is 15.7 Å². The zero-order chi connectivity index (χ0) is 39.0. The predicted octanol–water partition coefficient (Wildman–Crippen LogP) is 7.62. The van der Waals surface area contributed by atoms with Crippen molar-refractivity contribution < 1.29 is 24.2 Å². The van der Waals surface area contributed by atoms with E-state index in [2.05, 4.69) is 25.9 Å². The van der Waals surface area contributed by atoms with Gasteiger partial charge in [-0.15, -0.1) is 12.4 Å². The van der Waals surface area contributed by atoms with E-state index >= 15 is 0 Å². The van der Waals surface area contributed by atoms with Gasteiger partial charge >= 0.3 is 11.9 Å². The summed E-state index contributed by atoms with van der Waals surface area (Å²) in [5.41, 5.74) is 9.54. The molecule has 13 heteroatoms. The van der Waals surface area contributed by atoms with Gasteiger partial charge in [-0.3, -0.25) is 24.4 Å². The molecule has 2 heterocycles. The number of carbonyl (C=O) groups excluding carboxylic acids is 2. The van der Waals surface area contributed by atoms with Crippen molar-refractivity contribution in [1.29, 1.82) is 5.26 Å². The first-order valence-corrected chi connectivity index (χ1v) is 19.8. The molecule has 7 rings (SSSR count). The maximum absolute atomic E-state index is 12.3. The molecule has 56 heavy (non-hydrogen) atoms. The van der Waals surface area contributed by atoms with Crippen LogP contribution in [0.15, 0.2) is 73.1 Å². The van der Waals surface area contributed by atoms with E-state index in [9.17, 15) is 19.5 Å². The number of carboxylic acid groups (broad SMARTS) is 1. The van der Waals surface area contributed by atoms with Gasteiger partial charge in [-0.2, -0.15) is 5.26 Å². The predicted molar refractivity (Wildman–Crippen MR) is 222 cm³/mol. The summed E-state index contributed by atoms with van der Waals surface area (Å²) in [5, 5.41) is 29.8. The van der Waals surface area contributed by atoms with Crippen molar-refractivity contribution in [3.05, 3.63) is 73.1 Å². The number of nitrogens with zero attached hydrogens (tertiary/aromatic N) is 3. The van der Waals surface area contributed by atoms with Gasteiger partial charge in [0.1, 0.15) is 6.54 Å². The number of hydrogen-bond acceptors (Lipinski definition) is 10. The molecule has 6 N–H and O–H groups in total. The summed E-state index contributed by atoms with van der Waals surface area (Å²) in [5.74, 6) is -1.28. The Hall–Kier alpha value is -4.99. The number of para-hydroxylation sites is 2. The van der Waals surface area contributed by atoms with Crippen LogP contribution in [0.1, 0.15) is 84.0 Å². The lowest BCUT2D eigenvalue weighted by Gasteiger charge is -2.32. The fourth-order valence-electron chi connectivity index (χ4n) is 8.02. The topological polar surface area (TPSA) is 192 Å². The minimum Gasteiger partial charge on any atom is -0.481 e. The number of pyridine rings is 2. The highest BCUT2D eigenvalue weighted by Gasteiger charge is 2.32. The Kier molecular flexibility index (Phi) is 17.6. The van der Waals surface area contributed by atoms with Crippen LogP contribution in [-0.4, -0.2) is 64.2 Å². The number of amides is 1. The molecule has 4 aromatic rings. The molecule has 0 bridgehead atoms. The minimum absolute atomic E-state index is 0. The molecule has 6 atom stereocenters. The van der Waals surface area contributed by atoms with Crippen LogP contribution in [0.5, 0.6) is 0 Å². The third-order valence-electron chi connectivity index (χ3n) is 10.9. The number of aromatic nitrogens is 2. The van der Waals surface area contributed by atoms with E-state index in [1.165, 1.54) is 0 Å². The van der Waals surface area contributed by atoms with Crippen molar-refractivity contribution in [3.63, 3.8) is 0 Å². The summed E-state index contributed by atoms with van der Waals surface area (Å²) < 4.78 is 4.93. The lowest BCUT2D eigenvalue weighted by Crippen LogP contribution is -2.43. The van der Waals surface area contributed by atoms with E-state index in [1.54, 1.807) is 12.4 Å². The number of carboxylic acids is 1. The quantitative estimate of drug-likeness (QED) is 0.0828. The number of anilines is 2. The van der Waals surface area contributed by atoms with Crippen molar-refractivity contribution >= 4 is 63.4 Å². The molecule has 0 radical (unpaired) electrons.